The minimum Gasteiger partial charge on any atom is -0.494 e. The number of ether oxygens (including phenoxy) is 2. The molecule has 2 aromatic carbocycles. The summed E-state index contributed by atoms with van der Waals surface area (Å²) >= 11 is 0. The van der Waals surface area contributed by atoms with Gasteiger partial charge >= 0.3 is 5.97 Å². The summed E-state index contributed by atoms with van der Waals surface area (Å²) in [5.74, 6) is 1.64. The first kappa shape index (κ1) is 23.4. The van der Waals surface area contributed by atoms with Crippen molar-refractivity contribution in [2.24, 2.45) is 0 Å². The van der Waals surface area contributed by atoms with Crippen molar-refractivity contribution in [2.45, 2.75) is 65.5 Å². The Labute approximate surface area is 196 Å². The quantitative estimate of drug-likeness (QED) is 0.295. The van der Waals surface area contributed by atoms with E-state index in [0.29, 0.717) is 6.42 Å². The van der Waals surface area contributed by atoms with E-state index in [1.807, 2.05) is 32.9 Å². The number of furan rings is 1. The molecule has 5 nitrogen and oxygen atoms in total. The smallest absolute Gasteiger partial charge is 0.307 e. The van der Waals surface area contributed by atoms with Crippen molar-refractivity contribution in [1.29, 1.82) is 0 Å². The van der Waals surface area contributed by atoms with Crippen molar-refractivity contribution in [3.05, 3.63) is 53.6 Å². The van der Waals surface area contributed by atoms with Gasteiger partial charge in [-0.3, -0.25) is 9.69 Å². The van der Waals surface area contributed by atoms with E-state index in [2.05, 4.69) is 42.2 Å². The summed E-state index contributed by atoms with van der Waals surface area (Å²) in [6.45, 7) is 11.1. The summed E-state index contributed by atoms with van der Waals surface area (Å²) < 4.78 is 17.4. The van der Waals surface area contributed by atoms with Gasteiger partial charge in [-0.1, -0.05) is 25.5 Å². The maximum absolute atomic E-state index is 12.0. The zero-order valence-corrected chi connectivity index (χ0v) is 20.3. The SMILES string of the molecule is CCCCOc1ccc2oc(-c3ccc4c(c3)CCN(CCC(=O)OC(C)(C)C)C4)cc2c1. The Morgan fingerprint density at radius 1 is 1.09 bits per heavy atom. The molecule has 0 spiro atoms. The van der Waals surface area contributed by atoms with Crippen LogP contribution in [0.15, 0.2) is 46.9 Å². The van der Waals surface area contributed by atoms with Gasteiger partial charge in [0.2, 0.25) is 0 Å². The van der Waals surface area contributed by atoms with E-state index in [1.165, 1.54) is 11.1 Å². The molecule has 4 rings (SSSR count). The van der Waals surface area contributed by atoms with Gasteiger partial charge in [-0.2, -0.15) is 0 Å². The van der Waals surface area contributed by atoms with Crippen LogP contribution in [-0.2, 0) is 22.5 Å². The van der Waals surface area contributed by atoms with Crippen LogP contribution >= 0.6 is 0 Å². The van der Waals surface area contributed by atoms with Crippen LogP contribution < -0.4 is 4.74 Å². The molecule has 0 unspecified atom stereocenters. The summed E-state index contributed by atoms with van der Waals surface area (Å²) in [6.07, 6.45) is 3.57. The lowest BCUT2D eigenvalue weighted by Gasteiger charge is -2.29. The maximum Gasteiger partial charge on any atom is 0.307 e. The topological polar surface area (TPSA) is 51.9 Å². The minimum absolute atomic E-state index is 0.132. The van der Waals surface area contributed by atoms with E-state index in [4.69, 9.17) is 13.9 Å². The first-order valence-electron chi connectivity index (χ1n) is 12.0. The third-order valence-corrected chi connectivity index (χ3v) is 5.89. The molecule has 0 amide bonds. The van der Waals surface area contributed by atoms with Gasteiger partial charge in [0.1, 0.15) is 22.7 Å². The fraction of sp³-hybridized carbons (Fsp3) is 0.464. The molecule has 0 aliphatic carbocycles. The Morgan fingerprint density at radius 2 is 1.94 bits per heavy atom. The Hall–Kier alpha value is -2.79. The molecular formula is C28H35NO4. The molecule has 0 saturated heterocycles. The van der Waals surface area contributed by atoms with E-state index < -0.39 is 5.60 Å². The van der Waals surface area contributed by atoms with Crippen LogP contribution in [0.3, 0.4) is 0 Å². The molecule has 0 bridgehead atoms. The molecule has 0 saturated carbocycles. The van der Waals surface area contributed by atoms with Gasteiger partial charge in [0.05, 0.1) is 13.0 Å². The predicted molar refractivity (Wildman–Crippen MR) is 131 cm³/mol. The second-order valence-corrected chi connectivity index (χ2v) is 9.86. The second kappa shape index (κ2) is 10.0. The Balaban J connectivity index is 1.41. The van der Waals surface area contributed by atoms with E-state index in [-0.39, 0.29) is 5.97 Å². The molecule has 0 fully saturated rings. The number of fused-ring (bicyclic) bond motifs is 2. The van der Waals surface area contributed by atoms with Gasteiger partial charge in [0.15, 0.2) is 0 Å². The summed E-state index contributed by atoms with van der Waals surface area (Å²) in [5, 5.41) is 1.06. The number of benzene rings is 2. The minimum atomic E-state index is -0.428. The molecule has 0 N–H and O–H groups in total. The molecular weight excluding hydrogens is 414 g/mol. The Bertz CT molecular complexity index is 1110. The number of hydrogen-bond donors (Lipinski definition) is 0. The third kappa shape index (κ3) is 6.17. The molecule has 1 aromatic heterocycles. The number of esters is 1. The standard InChI is InChI=1S/C28H35NO4/c1-5-6-15-31-24-9-10-25-23(17-24)18-26(32-25)21-7-8-22-19-29(13-11-20(22)16-21)14-12-27(30)33-28(2,3)4/h7-10,16-18H,5-6,11-15,19H2,1-4H3. The molecule has 33 heavy (non-hydrogen) atoms. The lowest BCUT2D eigenvalue weighted by Crippen LogP contribution is -2.33. The first-order chi connectivity index (χ1) is 15.8. The van der Waals surface area contributed by atoms with Gasteiger partial charge < -0.3 is 13.9 Å². The second-order valence-electron chi connectivity index (χ2n) is 9.86. The highest BCUT2D eigenvalue weighted by molar-refractivity contribution is 5.84. The van der Waals surface area contributed by atoms with Crippen LogP contribution in [0.5, 0.6) is 5.75 Å². The van der Waals surface area contributed by atoms with Crippen molar-refractivity contribution in [2.75, 3.05) is 19.7 Å². The first-order valence-corrected chi connectivity index (χ1v) is 12.0. The van der Waals surface area contributed by atoms with E-state index >= 15 is 0 Å². The monoisotopic (exact) mass is 449 g/mol. The average Bonchev–Trinajstić information content (AvgIpc) is 3.20. The summed E-state index contributed by atoms with van der Waals surface area (Å²) in [4.78, 5) is 14.4. The number of hydrogen-bond acceptors (Lipinski definition) is 5. The van der Waals surface area contributed by atoms with Gasteiger partial charge in [-0.05, 0) is 75.1 Å². The van der Waals surface area contributed by atoms with Crippen molar-refractivity contribution < 1.29 is 18.7 Å². The zero-order chi connectivity index (χ0) is 23.4. The number of carbonyl (C=O) groups excluding carboxylic acids is 1. The van der Waals surface area contributed by atoms with E-state index in [0.717, 1.165) is 73.5 Å². The molecule has 2 heterocycles. The predicted octanol–water partition coefficient (Wildman–Crippen LogP) is 6.37. The molecule has 5 heteroatoms. The Morgan fingerprint density at radius 3 is 2.73 bits per heavy atom. The van der Waals surface area contributed by atoms with Crippen LogP contribution in [0.2, 0.25) is 0 Å². The van der Waals surface area contributed by atoms with Crippen molar-refractivity contribution >= 4 is 16.9 Å². The highest BCUT2D eigenvalue weighted by Crippen LogP contribution is 2.32. The summed E-state index contributed by atoms with van der Waals surface area (Å²) in [7, 11) is 0. The summed E-state index contributed by atoms with van der Waals surface area (Å²) in [5.41, 5.74) is 4.21. The normalized spacial score (nSPS) is 14.3. The van der Waals surface area contributed by atoms with E-state index in [1.54, 1.807) is 0 Å². The average molecular weight is 450 g/mol. The fourth-order valence-corrected chi connectivity index (χ4v) is 4.19. The van der Waals surface area contributed by atoms with Gasteiger partial charge in [-0.15, -0.1) is 0 Å². The van der Waals surface area contributed by atoms with Crippen LogP contribution in [0.1, 0.15) is 58.1 Å². The fourth-order valence-electron chi connectivity index (χ4n) is 4.19. The number of nitrogens with zero attached hydrogens (tertiary/aromatic N) is 1. The lowest BCUT2D eigenvalue weighted by atomic mass is 9.96. The highest BCUT2D eigenvalue weighted by Gasteiger charge is 2.21. The van der Waals surface area contributed by atoms with Crippen molar-refractivity contribution in [1.82, 2.24) is 4.90 Å². The van der Waals surface area contributed by atoms with Gasteiger partial charge in [-0.25, -0.2) is 0 Å². The molecule has 176 valence electrons. The molecule has 3 aromatic rings. The van der Waals surface area contributed by atoms with Crippen molar-refractivity contribution in [3.63, 3.8) is 0 Å². The molecule has 0 atom stereocenters. The largest absolute Gasteiger partial charge is 0.494 e. The Kier molecular flexibility index (Phi) is 7.08. The molecule has 1 aliphatic rings. The maximum atomic E-state index is 12.0. The highest BCUT2D eigenvalue weighted by atomic mass is 16.6. The number of unbranched alkanes of at least 4 members (excludes halogenated alkanes) is 1. The van der Waals surface area contributed by atoms with Crippen molar-refractivity contribution in [3.8, 4) is 17.1 Å². The van der Waals surface area contributed by atoms with Gasteiger partial charge in [0, 0.05) is 30.6 Å². The van der Waals surface area contributed by atoms with Crippen LogP contribution in [-0.4, -0.2) is 36.2 Å². The van der Waals surface area contributed by atoms with Crippen LogP contribution in [0, 0.1) is 0 Å². The zero-order valence-electron chi connectivity index (χ0n) is 20.3. The molecule has 0 radical (unpaired) electrons. The number of rotatable bonds is 8. The van der Waals surface area contributed by atoms with Crippen LogP contribution in [0.25, 0.3) is 22.3 Å². The third-order valence-electron chi connectivity index (χ3n) is 5.89. The molecule has 1 aliphatic heterocycles. The van der Waals surface area contributed by atoms with E-state index in [9.17, 15) is 4.79 Å². The van der Waals surface area contributed by atoms with Gasteiger partial charge in [0.25, 0.3) is 0 Å². The van der Waals surface area contributed by atoms with Crippen LogP contribution in [0.4, 0.5) is 0 Å². The summed E-state index contributed by atoms with van der Waals surface area (Å²) in [6, 6.07) is 14.7. The lowest BCUT2D eigenvalue weighted by molar-refractivity contribution is -0.155. The number of carbonyl (C=O) groups is 1.